The van der Waals surface area contributed by atoms with Crippen molar-refractivity contribution in [3.8, 4) is 0 Å². The average molecular weight is 464 g/mol. The van der Waals surface area contributed by atoms with Gasteiger partial charge in [-0.1, -0.05) is 34.1 Å². The van der Waals surface area contributed by atoms with Crippen LogP contribution in [0.3, 0.4) is 0 Å². The van der Waals surface area contributed by atoms with Gasteiger partial charge in [-0.05, 0) is 60.4 Å². The molecular formula is C18H14BrN3O3S2. The maximum Gasteiger partial charge on any atom is 0.293 e. The zero-order valence-electron chi connectivity index (χ0n) is 13.8. The second kappa shape index (κ2) is 8.64. The number of thioether (sulfide) groups is 1. The first-order valence-electron chi connectivity index (χ1n) is 7.90. The van der Waals surface area contributed by atoms with Crippen LogP contribution in [0, 0.1) is 0 Å². The van der Waals surface area contributed by atoms with Crippen LogP contribution >= 0.6 is 39.9 Å². The highest BCUT2D eigenvalue weighted by Crippen LogP contribution is 2.33. The molecule has 9 heteroatoms. The number of imide groups is 1. The van der Waals surface area contributed by atoms with Crippen molar-refractivity contribution in [1.82, 2.24) is 5.32 Å². The summed E-state index contributed by atoms with van der Waals surface area (Å²) in [5.74, 6) is -0.837. The third-order valence-electron chi connectivity index (χ3n) is 3.66. The number of benzene rings is 2. The molecule has 0 aliphatic carbocycles. The summed E-state index contributed by atoms with van der Waals surface area (Å²) in [4.78, 5) is 38.0. The van der Waals surface area contributed by atoms with Crippen LogP contribution in [0.25, 0.3) is 0 Å². The van der Waals surface area contributed by atoms with E-state index in [1.807, 2.05) is 12.1 Å². The van der Waals surface area contributed by atoms with Gasteiger partial charge in [0.15, 0.2) is 5.11 Å². The summed E-state index contributed by atoms with van der Waals surface area (Å²) in [6.07, 6.45) is -0.138. The molecule has 3 rings (SSSR count). The quantitative estimate of drug-likeness (QED) is 0.668. The van der Waals surface area contributed by atoms with Gasteiger partial charge in [0.1, 0.15) is 5.25 Å². The summed E-state index contributed by atoms with van der Waals surface area (Å²) >= 11 is 9.30. The monoisotopic (exact) mass is 463 g/mol. The number of nitrogens with one attached hydrogen (secondary N) is 2. The van der Waals surface area contributed by atoms with E-state index in [4.69, 9.17) is 12.2 Å². The average Bonchev–Trinajstić information content (AvgIpc) is 2.91. The number of amides is 3. The number of halogens is 1. The first kappa shape index (κ1) is 19.5. The van der Waals surface area contributed by atoms with Crippen LogP contribution in [-0.4, -0.2) is 27.4 Å². The molecule has 1 heterocycles. The highest BCUT2D eigenvalue weighted by atomic mass is 79.9. The van der Waals surface area contributed by atoms with Gasteiger partial charge in [0.2, 0.25) is 11.8 Å². The molecule has 1 aliphatic rings. The molecule has 1 saturated heterocycles. The number of carbonyl (C=O) groups excluding carboxylic acids is 3. The van der Waals surface area contributed by atoms with Crippen molar-refractivity contribution >= 4 is 73.5 Å². The molecule has 2 N–H and O–H groups in total. The minimum atomic E-state index is -0.770. The molecule has 0 radical (unpaired) electrons. The van der Waals surface area contributed by atoms with E-state index < -0.39 is 17.1 Å². The van der Waals surface area contributed by atoms with Gasteiger partial charge in [-0.25, -0.2) is 4.90 Å². The Morgan fingerprint density at radius 1 is 1.11 bits per heavy atom. The smallest absolute Gasteiger partial charge is 0.293 e. The fourth-order valence-corrected chi connectivity index (χ4v) is 3.92. The minimum Gasteiger partial charge on any atom is -0.332 e. The maximum atomic E-state index is 12.5. The first-order chi connectivity index (χ1) is 12.9. The second-order valence-corrected chi connectivity index (χ2v) is 8.07. The Morgan fingerprint density at radius 3 is 2.44 bits per heavy atom. The SMILES string of the molecule is O=C(CC1SC(=O)N(c2ccccc2)C1=O)NC(=S)Nc1ccc(Br)cc1. The Kier molecular flexibility index (Phi) is 6.25. The fraction of sp³-hybridized carbons (Fsp3) is 0.111. The molecule has 0 saturated carbocycles. The van der Waals surface area contributed by atoms with Crippen LogP contribution in [0.4, 0.5) is 16.2 Å². The van der Waals surface area contributed by atoms with Crippen molar-refractivity contribution < 1.29 is 14.4 Å². The van der Waals surface area contributed by atoms with Gasteiger partial charge in [-0.15, -0.1) is 0 Å². The first-order valence-corrected chi connectivity index (χ1v) is 9.98. The molecule has 1 fully saturated rings. The van der Waals surface area contributed by atoms with Gasteiger partial charge in [0.25, 0.3) is 5.24 Å². The maximum absolute atomic E-state index is 12.5. The highest BCUT2D eigenvalue weighted by Gasteiger charge is 2.41. The molecule has 1 atom stereocenters. The van der Waals surface area contributed by atoms with E-state index >= 15 is 0 Å². The number of rotatable bonds is 4. The second-order valence-electron chi connectivity index (χ2n) is 5.59. The third kappa shape index (κ3) is 4.94. The van der Waals surface area contributed by atoms with Crippen molar-refractivity contribution in [2.24, 2.45) is 0 Å². The molecule has 1 unspecified atom stereocenters. The fourth-order valence-electron chi connectivity index (χ4n) is 2.44. The number of nitrogens with zero attached hydrogens (tertiary/aromatic N) is 1. The highest BCUT2D eigenvalue weighted by molar-refractivity contribution is 9.10. The predicted octanol–water partition coefficient (Wildman–Crippen LogP) is 3.92. The Balaban J connectivity index is 1.56. The topological polar surface area (TPSA) is 78.5 Å². The number of para-hydroxylation sites is 1. The van der Waals surface area contributed by atoms with Gasteiger partial charge < -0.3 is 10.6 Å². The summed E-state index contributed by atoms with van der Waals surface area (Å²) in [6, 6.07) is 15.9. The Morgan fingerprint density at radius 2 is 1.78 bits per heavy atom. The van der Waals surface area contributed by atoms with Crippen molar-refractivity contribution in [3.05, 3.63) is 59.1 Å². The zero-order valence-corrected chi connectivity index (χ0v) is 17.1. The van der Waals surface area contributed by atoms with Crippen LogP contribution in [-0.2, 0) is 9.59 Å². The molecule has 6 nitrogen and oxygen atoms in total. The largest absolute Gasteiger partial charge is 0.332 e. The molecule has 0 aromatic heterocycles. The lowest BCUT2D eigenvalue weighted by Crippen LogP contribution is -2.38. The van der Waals surface area contributed by atoms with E-state index in [1.165, 1.54) is 0 Å². The molecule has 0 bridgehead atoms. The Bertz CT molecular complexity index is 890. The van der Waals surface area contributed by atoms with E-state index in [0.29, 0.717) is 5.69 Å². The van der Waals surface area contributed by atoms with Gasteiger partial charge in [0.05, 0.1) is 5.69 Å². The summed E-state index contributed by atoms with van der Waals surface area (Å²) in [7, 11) is 0. The van der Waals surface area contributed by atoms with Crippen molar-refractivity contribution in [1.29, 1.82) is 0 Å². The van der Waals surface area contributed by atoms with Crippen LogP contribution in [0.15, 0.2) is 59.1 Å². The molecule has 1 aliphatic heterocycles. The van der Waals surface area contributed by atoms with Crippen molar-refractivity contribution in [3.63, 3.8) is 0 Å². The molecule has 0 spiro atoms. The Labute approximate surface area is 173 Å². The zero-order chi connectivity index (χ0) is 19.4. The van der Waals surface area contributed by atoms with Crippen molar-refractivity contribution in [2.75, 3.05) is 10.2 Å². The molecule has 2 aromatic carbocycles. The molecule has 3 amide bonds. The number of hydrogen-bond acceptors (Lipinski definition) is 5. The van der Waals surface area contributed by atoms with Gasteiger partial charge in [-0.3, -0.25) is 14.4 Å². The molecule has 27 heavy (non-hydrogen) atoms. The number of thiocarbonyl (C=S) groups is 1. The van der Waals surface area contributed by atoms with Crippen LogP contribution in [0.1, 0.15) is 6.42 Å². The number of anilines is 2. The van der Waals surface area contributed by atoms with Gasteiger partial charge in [0, 0.05) is 16.6 Å². The standard InChI is InChI=1S/C18H14BrN3O3S2/c19-11-6-8-12(9-7-11)20-17(26)21-15(23)10-14-16(24)22(18(25)27-14)13-4-2-1-3-5-13/h1-9,14H,10H2,(H2,20,21,23,26). The van der Waals surface area contributed by atoms with Gasteiger partial charge in [-0.2, -0.15) is 0 Å². The van der Waals surface area contributed by atoms with E-state index in [0.717, 1.165) is 26.8 Å². The summed E-state index contributed by atoms with van der Waals surface area (Å²) in [5.41, 5.74) is 1.22. The summed E-state index contributed by atoms with van der Waals surface area (Å²) in [5, 5.41) is 4.39. The van der Waals surface area contributed by atoms with E-state index in [-0.39, 0.29) is 16.8 Å². The summed E-state index contributed by atoms with van der Waals surface area (Å²) in [6.45, 7) is 0. The van der Waals surface area contributed by atoms with Crippen LogP contribution < -0.4 is 15.5 Å². The molecule has 2 aromatic rings. The van der Waals surface area contributed by atoms with E-state index in [1.54, 1.807) is 42.5 Å². The van der Waals surface area contributed by atoms with E-state index in [2.05, 4.69) is 26.6 Å². The normalized spacial score (nSPS) is 16.3. The lowest BCUT2D eigenvalue weighted by molar-refractivity contribution is -0.123. The predicted molar refractivity (Wildman–Crippen MR) is 114 cm³/mol. The molecule has 138 valence electrons. The Hall–Kier alpha value is -2.23. The number of carbonyl (C=O) groups is 3. The minimum absolute atomic E-state index is 0.129. The van der Waals surface area contributed by atoms with E-state index in [9.17, 15) is 14.4 Å². The third-order valence-corrected chi connectivity index (χ3v) is 5.43. The van der Waals surface area contributed by atoms with Crippen molar-refractivity contribution in [2.45, 2.75) is 11.7 Å². The summed E-state index contributed by atoms with van der Waals surface area (Å²) < 4.78 is 0.924. The van der Waals surface area contributed by atoms with Gasteiger partial charge >= 0.3 is 0 Å². The lowest BCUT2D eigenvalue weighted by atomic mass is 10.2. The number of hydrogen-bond donors (Lipinski definition) is 2. The van der Waals surface area contributed by atoms with Crippen LogP contribution in [0.2, 0.25) is 0 Å². The lowest BCUT2D eigenvalue weighted by Gasteiger charge is -2.14. The van der Waals surface area contributed by atoms with Crippen LogP contribution in [0.5, 0.6) is 0 Å². The molecular weight excluding hydrogens is 450 g/mol.